The van der Waals surface area contributed by atoms with Crippen LogP contribution in [-0.2, 0) is 19.1 Å². The second kappa shape index (κ2) is 10.3. The Hall–Kier alpha value is -1.50. The van der Waals surface area contributed by atoms with E-state index in [1.54, 1.807) is 6.92 Å². The topological polar surface area (TPSA) is 52.6 Å². The maximum Gasteiger partial charge on any atom is 0.307 e. The van der Waals surface area contributed by atoms with Crippen molar-refractivity contribution < 1.29 is 19.1 Å². The smallest absolute Gasteiger partial charge is 0.307 e. The summed E-state index contributed by atoms with van der Waals surface area (Å²) in [7, 11) is 0. The van der Waals surface area contributed by atoms with Gasteiger partial charge in [0, 0.05) is 12.8 Å². The van der Waals surface area contributed by atoms with Gasteiger partial charge in [-0.05, 0) is 45.4 Å². The molecule has 1 aliphatic rings. The largest absolute Gasteiger partial charge is 0.462 e. The van der Waals surface area contributed by atoms with Crippen LogP contribution >= 0.6 is 0 Å². The van der Waals surface area contributed by atoms with Crippen molar-refractivity contribution in [1.29, 1.82) is 0 Å². The van der Waals surface area contributed by atoms with E-state index in [-0.39, 0.29) is 37.0 Å². The van der Waals surface area contributed by atoms with Gasteiger partial charge in [-0.3, -0.25) is 9.59 Å². The normalized spacial score (nSPS) is 17.2. The van der Waals surface area contributed by atoms with Crippen LogP contribution < -0.4 is 0 Å². The first-order chi connectivity index (χ1) is 10.6. The summed E-state index contributed by atoms with van der Waals surface area (Å²) < 4.78 is 10.7. The number of esters is 2. The fourth-order valence-corrected chi connectivity index (χ4v) is 2.76. The molecular weight excluding hydrogens is 280 g/mol. The van der Waals surface area contributed by atoms with E-state index >= 15 is 0 Å². The molecule has 2 atom stereocenters. The average molecular weight is 308 g/mol. The zero-order chi connectivity index (χ0) is 16.4. The molecule has 124 valence electrons. The molecular formula is C18H28O4. The fourth-order valence-electron chi connectivity index (χ4n) is 2.76. The third kappa shape index (κ3) is 6.98. The number of hydrogen-bond acceptors (Lipinski definition) is 4. The van der Waals surface area contributed by atoms with Crippen molar-refractivity contribution in [3.63, 3.8) is 0 Å². The predicted octanol–water partition coefficient (Wildman–Crippen LogP) is 3.62. The third-order valence-electron chi connectivity index (χ3n) is 4.09. The molecule has 0 aliphatic heterocycles. The zero-order valence-corrected chi connectivity index (χ0v) is 14.0. The summed E-state index contributed by atoms with van der Waals surface area (Å²) in [5.74, 6) is 5.57. The van der Waals surface area contributed by atoms with E-state index in [0.29, 0.717) is 18.8 Å². The highest BCUT2D eigenvalue weighted by molar-refractivity contribution is 5.72. The first kappa shape index (κ1) is 18.5. The number of ether oxygens (including phenoxy) is 2. The Bertz CT molecular complexity index is 413. The van der Waals surface area contributed by atoms with E-state index in [0.717, 1.165) is 12.8 Å². The molecule has 2 unspecified atom stereocenters. The standard InChI is InChI=1S/C18H28O4/c1-4-9-16(5-2)22-18(20)13-8-12-17(19)21-14(3)15-10-6-7-11-15/h14-16H,5-8,10-13H2,1-3H3. The first-order valence-electron chi connectivity index (χ1n) is 8.38. The predicted molar refractivity (Wildman–Crippen MR) is 85.0 cm³/mol. The quantitative estimate of drug-likeness (QED) is 0.507. The molecule has 1 aliphatic carbocycles. The molecule has 0 saturated heterocycles. The SMILES string of the molecule is CC#CC(CC)OC(=O)CCCC(=O)OC(C)C1CCCC1. The molecule has 0 aromatic rings. The second-order valence-electron chi connectivity index (χ2n) is 5.87. The average Bonchev–Trinajstić information content (AvgIpc) is 3.01. The molecule has 1 saturated carbocycles. The molecule has 0 radical (unpaired) electrons. The molecule has 1 rings (SSSR count). The van der Waals surface area contributed by atoms with E-state index < -0.39 is 0 Å². The number of hydrogen-bond donors (Lipinski definition) is 0. The summed E-state index contributed by atoms with van der Waals surface area (Å²) in [6.45, 7) is 5.61. The van der Waals surface area contributed by atoms with Gasteiger partial charge < -0.3 is 9.47 Å². The highest BCUT2D eigenvalue weighted by atomic mass is 16.5. The molecule has 0 bridgehead atoms. The number of carbonyl (C=O) groups excluding carboxylic acids is 2. The van der Waals surface area contributed by atoms with Crippen molar-refractivity contribution in [3.8, 4) is 11.8 Å². The summed E-state index contributed by atoms with van der Waals surface area (Å²) in [5.41, 5.74) is 0. The highest BCUT2D eigenvalue weighted by Crippen LogP contribution is 2.29. The van der Waals surface area contributed by atoms with Crippen molar-refractivity contribution in [1.82, 2.24) is 0 Å². The molecule has 0 aromatic heterocycles. The Morgan fingerprint density at radius 2 is 1.73 bits per heavy atom. The van der Waals surface area contributed by atoms with Gasteiger partial charge in [0.25, 0.3) is 0 Å². The van der Waals surface area contributed by atoms with E-state index in [2.05, 4.69) is 11.8 Å². The van der Waals surface area contributed by atoms with Gasteiger partial charge in [0.1, 0.15) is 6.10 Å². The lowest BCUT2D eigenvalue weighted by Crippen LogP contribution is -2.22. The van der Waals surface area contributed by atoms with Crippen molar-refractivity contribution >= 4 is 11.9 Å². The minimum atomic E-state index is -0.341. The van der Waals surface area contributed by atoms with Crippen LogP contribution in [0, 0.1) is 17.8 Å². The minimum absolute atomic E-state index is 0.00810. The number of carbonyl (C=O) groups is 2. The monoisotopic (exact) mass is 308 g/mol. The molecule has 4 heteroatoms. The van der Waals surface area contributed by atoms with E-state index in [4.69, 9.17) is 9.47 Å². The molecule has 4 nitrogen and oxygen atoms in total. The van der Waals surface area contributed by atoms with Gasteiger partial charge in [-0.25, -0.2) is 0 Å². The zero-order valence-electron chi connectivity index (χ0n) is 14.0. The molecule has 0 amide bonds. The van der Waals surface area contributed by atoms with E-state index in [1.165, 1.54) is 12.8 Å². The van der Waals surface area contributed by atoms with Crippen molar-refractivity contribution in [2.24, 2.45) is 5.92 Å². The van der Waals surface area contributed by atoms with Crippen LogP contribution in [0.5, 0.6) is 0 Å². The summed E-state index contributed by atoms with van der Waals surface area (Å²) >= 11 is 0. The highest BCUT2D eigenvalue weighted by Gasteiger charge is 2.24. The van der Waals surface area contributed by atoms with Crippen LogP contribution in [0.4, 0.5) is 0 Å². The number of rotatable bonds is 8. The van der Waals surface area contributed by atoms with Crippen LogP contribution in [0.25, 0.3) is 0 Å². The van der Waals surface area contributed by atoms with Gasteiger partial charge in [-0.2, -0.15) is 0 Å². The van der Waals surface area contributed by atoms with Crippen LogP contribution in [0.15, 0.2) is 0 Å². The molecule has 22 heavy (non-hydrogen) atoms. The van der Waals surface area contributed by atoms with Crippen molar-refractivity contribution in [2.75, 3.05) is 0 Å². The molecule has 0 heterocycles. The molecule has 0 N–H and O–H groups in total. The molecule has 1 fully saturated rings. The Morgan fingerprint density at radius 3 is 2.27 bits per heavy atom. The van der Waals surface area contributed by atoms with Crippen molar-refractivity contribution in [3.05, 3.63) is 0 Å². The maximum absolute atomic E-state index is 11.8. The van der Waals surface area contributed by atoms with Gasteiger partial charge in [0.15, 0.2) is 6.10 Å². The summed E-state index contributed by atoms with van der Waals surface area (Å²) in [5, 5.41) is 0. The maximum atomic E-state index is 11.8. The lowest BCUT2D eigenvalue weighted by atomic mass is 10.0. The summed E-state index contributed by atoms with van der Waals surface area (Å²) in [6.07, 6.45) is 6.05. The Morgan fingerprint density at radius 1 is 1.14 bits per heavy atom. The first-order valence-corrected chi connectivity index (χ1v) is 8.38. The van der Waals surface area contributed by atoms with Crippen LogP contribution in [0.2, 0.25) is 0 Å². The minimum Gasteiger partial charge on any atom is -0.462 e. The summed E-state index contributed by atoms with van der Waals surface area (Å²) in [6, 6.07) is 0. The van der Waals surface area contributed by atoms with E-state index in [9.17, 15) is 9.59 Å². The van der Waals surface area contributed by atoms with Gasteiger partial charge in [-0.15, -0.1) is 5.92 Å². The van der Waals surface area contributed by atoms with Crippen molar-refractivity contribution in [2.45, 2.75) is 84.3 Å². The fraction of sp³-hybridized carbons (Fsp3) is 0.778. The van der Waals surface area contributed by atoms with Crippen LogP contribution in [0.3, 0.4) is 0 Å². The molecule has 0 spiro atoms. The van der Waals surface area contributed by atoms with Crippen LogP contribution in [-0.4, -0.2) is 24.1 Å². The van der Waals surface area contributed by atoms with E-state index in [1.807, 2.05) is 13.8 Å². The van der Waals surface area contributed by atoms with Gasteiger partial charge in [-0.1, -0.05) is 25.7 Å². The van der Waals surface area contributed by atoms with Gasteiger partial charge >= 0.3 is 11.9 Å². The Balaban J connectivity index is 2.17. The molecule has 0 aromatic carbocycles. The Kier molecular flexibility index (Phi) is 8.65. The summed E-state index contributed by atoms with van der Waals surface area (Å²) in [4.78, 5) is 23.4. The second-order valence-corrected chi connectivity index (χ2v) is 5.87. The van der Waals surface area contributed by atoms with Crippen LogP contribution in [0.1, 0.15) is 72.1 Å². The lowest BCUT2D eigenvalue weighted by Gasteiger charge is -2.19. The van der Waals surface area contributed by atoms with Gasteiger partial charge in [0.2, 0.25) is 0 Å². The Labute approximate surface area is 133 Å². The van der Waals surface area contributed by atoms with Gasteiger partial charge in [0.05, 0.1) is 0 Å². The lowest BCUT2D eigenvalue weighted by molar-refractivity contribution is -0.151. The third-order valence-corrected chi connectivity index (χ3v) is 4.09.